The summed E-state index contributed by atoms with van der Waals surface area (Å²) in [6.45, 7) is 3.02. The van der Waals surface area contributed by atoms with Crippen LogP contribution in [0.2, 0.25) is 0 Å². The van der Waals surface area contributed by atoms with Gasteiger partial charge in [-0.05, 0) is 23.6 Å². The smallest absolute Gasteiger partial charge is 0.251 e. The maximum Gasteiger partial charge on any atom is 0.251 e. The average molecular weight is 415 g/mol. The molecule has 6 heteroatoms. The molecule has 2 aliphatic heterocycles. The topological polar surface area (TPSA) is 53.1 Å². The van der Waals surface area contributed by atoms with Crippen LogP contribution in [0.3, 0.4) is 0 Å². The van der Waals surface area contributed by atoms with Crippen molar-refractivity contribution in [3.05, 3.63) is 66.7 Å². The molecule has 2 heterocycles. The average Bonchev–Trinajstić information content (AvgIpc) is 3.12. The first-order valence-corrected chi connectivity index (χ1v) is 10.6. The van der Waals surface area contributed by atoms with Crippen LogP contribution in [-0.2, 0) is 9.59 Å². The first-order valence-electron chi connectivity index (χ1n) is 10.6. The van der Waals surface area contributed by atoms with Gasteiger partial charge in [-0.1, -0.05) is 48.5 Å². The summed E-state index contributed by atoms with van der Waals surface area (Å²) in [4.78, 5) is 32.1. The summed E-state index contributed by atoms with van der Waals surface area (Å²) >= 11 is 0. The summed E-state index contributed by atoms with van der Waals surface area (Å²) in [7, 11) is 1.68. The van der Waals surface area contributed by atoms with Crippen molar-refractivity contribution in [3.8, 4) is 5.75 Å². The molecule has 0 unspecified atom stereocenters. The van der Waals surface area contributed by atoms with E-state index < -0.39 is 6.04 Å². The van der Waals surface area contributed by atoms with Gasteiger partial charge < -0.3 is 9.64 Å². The van der Waals surface area contributed by atoms with Gasteiger partial charge in [-0.25, -0.2) is 4.90 Å². The number of hydrogen-bond acceptors (Lipinski definition) is 5. The van der Waals surface area contributed by atoms with Crippen LogP contribution in [0, 0.1) is 0 Å². The van der Waals surface area contributed by atoms with Crippen molar-refractivity contribution in [3.63, 3.8) is 0 Å². The minimum Gasteiger partial charge on any atom is -0.495 e. The van der Waals surface area contributed by atoms with E-state index in [-0.39, 0.29) is 18.2 Å². The Kier molecular flexibility index (Phi) is 5.08. The lowest BCUT2D eigenvalue weighted by molar-refractivity contribution is -0.123. The molecule has 5 rings (SSSR count). The van der Waals surface area contributed by atoms with Gasteiger partial charge in [0.15, 0.2) is 0 Å². The van der Waals surface area contributed by atoms with Crippen molar-refractivity contribution in [2.75, 3.05) is 43.1 Å². The normalized spacial score (nSPS) is 20.0. The number of methoxy groups -OCH3 is 1. The highest BCUT2D eigenvalue weighted by atomic mass is 16.5. The summed E-state index contributed by atoms with van der Waals surface area (Å²) in [5, 5.41) is 1.95. The van der Waals surface area contributed by atoms with E-state index in [9.17, 15) is 9.59 Å². The maximum atomic E-state index is 13.3. The molecule has 0 spiro atoms. The van der Waals surface area contributed by atoms with Gasteiger partial charge in [0.2, 0.25) is 5.91 Å². The van der Waals surface area contributed by atoms with Gasteiger partial charge in [0.05, 0.1) is 30.9 Å². The van der Waals surface area contributed by atoms with E-state index in [1.807, 2.05) is 60.7 Å². The molecule has 0 bridgehead atoms. The minimum atomic E-state index is -0.397. The number of amides is 2. The maximum absolute atomic E-state index is 13.3. The first kappa shape index (κ1) is 19.6. The molecule has 0 aliphatic carbocycles. The molecular formula is C25H25N3O3. The van der Waals surface area contributed by atoms with Crippen LogP contribution >= 0.6 is 0 Å². The fraction of sp³-hybridized carbons (Fsp3) is 0.280. The molecule has 0 N–H and O–H groups in total. The van der Waals surface area contributed by atoms with Crippen LogP contribution in [0.15, 0.2) is 66.7 Å². The molecular weight excluding hydrogens is 390 g/mol. The van der Waals surface area contributed by atoms with Gasteiger partial charge in [0.25, 0.3) is 5.91 Å². The van der Waals surface area contributed by atoms with E-state index in [1.54, 1.807) is 7.11 Å². The second kappa shape index (κ2) is 8.04. The predicted molar refractivity (Wildman–Crippen MR) is 122 cm³/mol. The number of carbonyl (C=O) groups is 2. The molecule has 3 aromatic carbocycles. The van der Waals surface area contributed by atoms with Gasteiger partial charge in [0.1, 0.15) is 5.75 Å². The number of piperazine rings is 1. The number of nitrogens with zero attached hydrogens (tertiary/aromatic N) is 3. The molecule has 2 saturated heterocycles. The van der Waals surface area contributed by atoms with E-state index in [0.29, 0.717) is 5.69 Å². The van der Waals surface area contributed by atoms with Gasteiger partial charge in [-0.15, -0.1) is 0 Å². The number of para-hydroxylation sites is 2. The Hall–Kier alpha value is -3.38. The van der Waals surface area contributed by atoms with E-state index in [0.717, 1.165) is 48.4 Å². The number of imide groups is 1. The Morgan fingerprint density at radius 2 is 1.48 bits per heavy atom. The molecule has 2 fully saturated rings. The third-order valence-corrected chi connectivity index (χ3v) is 6.31. The molecule has 0 radical (unpaired) electrons. The fourth-order valence-corrected chi connectivity index (χ4v) is 4.72. The molecule has 1 atom stereocenters. The van der Waals surface area contributed by atoms with E-state index >= 15 is 0 Å². The fourth-order valence-electron chi connectivity index (χ4n) is 4.72. The summed E-state index contributed by atoms with van der Waals surface area (Å²) in [6.07, 6.45) is 0.233. The Bertz CT molecular complexity index is 1130. The SMILES string of the molecule is COc1ccccc1N1CCN([C@@H]2CC(=O)N(c3cccc4ccccc34)C2=O)CC1. The zero-order valence-corrected chi connectivity index (χ0v) is 17.5. The van der Waals surface area contributed by atoms with Gasteiger partial charge in [-0.3, -0.25) is 14.5 Å². The molecule has 2 amide bonds. The molecule has 31 heavy (non-hydrogen) atoms. The first-order chi connectivity index (χ1) is 15.2. The minimum absolute atomic E-state index is 0.118. The highest BCUT2D eigenvalue weighted by Crippen LogP contribution is 2.33. The number of fused-ring (bicyclic) bond motifs is 1. The Morgan fingerprint density at radius 1 is 0.806 bits per heavy atom. The quantitative estimate of drug-likeness (QED) is 0.612. The van der Waals surface area contributed by atoms with Gasteiger partial charge in [0, 0.05) is 31.6 Å². The largest absolute Gasteiger partial charge is 0.495 e. The predicted octanol–water partition coefficient (Wildman–Crippen LogP) is 3.30. The standard InChI is InChI=1S/C25H25N3O3/c1-31-23-12-5-4-10-21(23)26-13-15-27(16-14-26)22-17-24(29)28(25(22)30)20-11-6-8-18-7-2-3-9-19(18)20/h2-12,22H,13-17H2,1H3/t22-/m1/s1. The van der Waals surface area contributed by atoms with Crippen LogP contribution in [-0.4, -0.2) is 56.0 Å². The summed E-state index contributed by atoms with van der Waals surface area (Å²) in [6, 6.07) is 21.2. The van der Waals surface area contributed by atoms with Crippen molar-refractivity contribution in [2.24, 2.45) is 0 Å². The lowest BCUT2D eigenvalue weighted by Gasteiger charge is -2.38. The molecule has 2 aliphatic rings. The number of anilines is 2. The van der Waals surface area contributed by atoms with Crippen LogP contribution < -0.4 is 14.5 Å². The number of rotatable bonds is 4. The van der Waals surface area contributed by atoms with Crippen LogP contribution in [0.4, 0.5) is 11.4 Å². The summed E-state index contributed by atoms with van der Waals surface area (Å²) < 4.78 is 5.49. The van der Waals surface area contributed by atoms with Gasteiger partial charge in [-0.2, -0.15) is 0 Å². The Labute approximate surface area is 181 Å². The second-order valence-electron chi connectivity index (χ2n) is 7.98. The second-order valence-corrected chi connectivity index (χ2v) is 7.98. The van der Waals surface area contributed by atoms with Crippen molar-refractivity contribution in [1.82, 2.24) is 4.90 Å². The van der Waals surface area contributed by atoms with E-state index in [1.165, 1.54) is 4.90 Å². The third kappa shape index (κ3) is 3.43. The number of benzene rings is 3. The lowest BCUT2D eigenvalue weighted by atomic mass is 10.1. The van der Waals surface area contributed by atoms with Crippen molar-refractivity contribution >= 4 is 34.0 Å². The Balaban J connectivity index is 1.34. The monoisotopic (exact) mass is 415 g/mol. The van der Waals surface area contributed by atoms with Crippen molar-refractivity contribution in [1.29, 1.82) is 0 Å². The van der Waals surface area contributed by atoms with E-state index in [2.05, 4.69) is 15.9 Å². The summed E-state index contributed by atoms with van der Waals surface area (Å²) in [5.74, 6) is 0.607. The lowest BCUT2D eigenvalue weighted by Crippen LogP contribution is -2.52. The Morgan fingerprint density at radius 3 is 2.29 bits per heavy atom. The molecule has 0 saturated carbocycles. The highest BCUT2D eigenvalue weighted by Gasteiger charge is 2.43. The number of ether oxygens (including phenoxy) is 1. The highest BCUT2D eigenvalue weighted by molar-refractivity contribution is 6.25. The summed E-state index contributed by atoms with van der Waals surface area (Å²) in [5.41, 5.74) is 1.75. The van der Waals surface area contributed by atoms with Crippen LogP contribution in [0.25, 0.3) is 10.8 Å². The van der Waals surface area contributed by atoms with Crippen LogP contribution in [0.1, 0.15) is 6.42 Å². The van der Waals surface area contributed by atoms with Crippen LogP contribution in [0.5, 0.6) is 5.75 Å². The zero-order valence-electron chi connectivity index (χ0n) is 17.5. The molecule has 158 valence electrons. The number of carbonyl (C=O) groups excluding carboxylic acids is 2. The van der Waals surface area contributed by atoms with Crippen molar-refractivity contribution < 1.29 is 14.3 Å². The number of hydrogen-bond donors (Lipinski definition) is 0. The molecule has 3 aromatic rings. The molecule has 6 nitrogen and oxygen atoms in total. The molecule has 0 aromatic heterocycles. The van der Waals surface area contributed by atoms with E-state index in [4.69, 9.17) is 4.74 Å². The zero-order chi connectivity index (χ0) is 21.4. The van der Waals surface area contributed by atoms with Crippen molar-refractivity contribution in [2.45, 2.75) is 12.5 Å². The third-order valence-electron chi connectivity index (χ3n) is 6.31. The van der Waals surface area contributed by atoms with Gasteiger partial charge >= 0.3 is 0 Å².